The Hall–Kier alpha value is -1.89. The fraction of sp³-hybridized carbons (Fsp3) is 0.462. The van der Waals surface area contributed by atoms with E-state index in [1.165, 1.54) is 16.2 Å². The lowest BCUT2D eigenvalue weighted by Crippen LogP contribution is -2.48. The highest BCUT2D eigenvalue weighted by molar-refractivity contribution is 7.12. The van der Waals surface area contributed by atoms with Gasteiger partial charge in [-0.3, -0.25) is 9.59 Å². The summed E-state index contributed by atoms with van der Waals surface area (Å²) in [5, 5.41) is 1.87. The smallest absolute Gasteiger partial charge is 0.417 e. The molecule has 6 nitrogen and oxygen atoms in total. The lowest BCUT2D eigenvalue weighted by atomic mass is 10.0. The Morgan fingerprint density at radius 3 is 2.60 bits per heavy atom. The van der Waals surface area contributed by atoms with E-state index in [9.17, 15) is 14.4 Å². The number of carbonyl (C=O) groups is 3. The second-order valence-corrected chi connectivity index (χ2v) is 5.77. The lowest BCUT2D eigenvalue weighted by molar-refractivity contribution is -0.127. The van der Waals surface area contributed by atoms with Crippen molar-refractivity contribution in [2.24, 2.45) is 0 Å². The highest BCUT2D eigenvalue weighted by atomic mass is 32.1. The van der Waals surface area contributed by atoms with Crippen molar-refractivity contribution < 1.29 is 19.1 Å². The number of cyclic esters (lactones) is 1. The van der Waals surface area contributed by atoms with Crippen molar-refractivity contribution in [2.75, 3.05) is 19.7 Å². The number of rotatable bonds is 2. The summed E-state index contributed by atoms with van der Waals surface area (Å²) in [4.78, 5) is 39.0. The fourth-order valence-electron chi connectivity index (χ4n) is 2.60. The van der Waals surface area contributed by atoms with E-state index in [2.05, 4.69) is 0 Å². The summed E-state index contributed by atoms with van der Waals surface area (Å²) in [5.41, 5.74) is 0. The van der Waals surface area contributed by atoms with Gasteiger partial charge in [0.25, 0.3) is 11.8 Å². The zero-order valence-corrected chi connectivity index (χ0v) is 11.6. The Morgan fingerprint density at radius 2 is 2.05 bits per heavy atom. The molecule has 7 heteroatoms. The largest absolute Gasteiger partial charge is 0.439 e. The van der Waals surface area contributed by atoms with Gasteiger partial charge in [-0.2, -0.15) is 0 Å². The number of hydrogen-bond acceptors (Lipinski definition) is 5. The molecule has 2 fully saturated rings. The van der Waals surface area contributed by atoms with Crippen LogP contribution in [0, 0.1) is 0 Å². The summed E-state index contributed by atoms with van der Waals surface area (Å²) in [6, 6.07) is 3.51. The summed E-state index contributed by atoms with van der Waals surface area (Å²) in [7, 11) is 0. The number of thiophene rings is 1. The standard InChI is InChI=1S/C13H14N2O4S/c16-11-8-19-13(18)15(11)9-3-5-14(6-4-9)12(17)10-2-1-7-20-10/h1-2,7,9H,3-6,8H2. The van der Waals surface area contributed by atoms with Crippen LogP contribution in [0.3, 0.4) is 0 Å². The second kappa shape index (κ2) is 5.24. The average Bonchev–Trinajstić information content (AvgIpc) is 3.09. The third-order valence-electron chi connectivity index (χ3n) is 3.63. The number of amides is 3. The summed E-state index contributed by atoms with van der Waals surface area (Å²) in [6.45, 7) is 0.949. The van der Waals surface area contributed by atoms with E-state index in [4.69, 9.17) is 4.74 Å². The summed E-state index contributed by atoms with van der Waals surface area (Å²) >= 11 is 1.42. The minimum absolute atomic E-state index is 0.0220. The highest BCUT2D eigenvalue weighted by Crippen LogP contribution is 2.22. The third-order valence-corrected chi connectivity index (χ3v) is 4.49. The van der Waals surface area contributed by atoms with Gasteiger partial charge >= 0.3 is 6.09 Å². The molecule has 0 saturated carbocycles. The van der Waals surface area contributed by atoms with Gasteiger partial charge < -0.3 is 9.64 Å². The van der Waals surface area contributed by atoms with Gasteiger partial charge in [-0.25, -0.2) is 9.69 Å². The number of nitrogens with zero attached hydrogens (tertiary/aromatic N) is 2. The van der Waals surface area contributed by atoms with Crippen LogP contribution >= 0.6 is 11.3 Å². The van der Waals surface area contributed by atoms with Crippen LogP contribution in [0.2, 0.25) is 0 Å². The maximum atomic E-state index is 12.2. The van der Waals surface area contributed by atoms with Crippen LogP contribution in [0.5, 0.6) is 0 Å². The molecule has 0 unspecified atom stereocenters. The number of piperidine rings is 1. The molecule has 0 N–H and O–H groups in total. The molecule has 3 heterocycles. The molecular formula is C13H14N2O4S. The van der Waals surface area contributed by atoms with Crippen LogP contribution in [0.1, 0.15) is 22.5 Å². The molecule has 0 aliphatic carbocycles. The van der Waals surface area contributed by atoms with Gasteiger partial charge in [0.15, 0.2) is 6.61 Å². The molecule has 1 aromatic rings. The Kier molecular flexibility index (Phi) is 3.43. The molecule has 2 aliphatic rings. The van der Waals surface area contributed by atoms with Crippen molar-refractivity contribution in [1.29, 1.82) is 0 Å². The monoisotopic (exact) mass is 294 g/mol. The average molecular weight is 294 g/mol. The Bertz CT molecular complexity index is 519. The Morgan fingerprint density at radius 1 is 1.30 bits per heavy atom. The predicted octanol–water partition coefficient (Wildman–Crippen LogP) is 1.33. The first kappa shape index (κ1) is 13.1. The Balaban J connectivity index is 1.61. The second-order valence-electron chi connectivity index (χ2n) is 4.82. The van der Waals surface area contributed by atoms with Crippen molar-refractivity contribution in [3.63, 3.8) is 0 Å². The van der Waals surface area contributed by atoms with Crippen LogP contribution in [0.25, 0.3) is 0 Å². The number of likely N-dealkylation sites (tertiary alicyclic amines) is 1. The molecule has 0 atom stereocenters. The minimum Gasteiger partial charge on any atom is -0.439 e. The van der Waals surface area contributed by atoms with E-state index in [-0.39, 0.29) is 24.5 Å². The Labute approximate surface area is 119 Å². The topological polar surface area (TPSA) is 66.9 Å². The maximum Gasteiger partial charge on any atom is 0.417 e. The van der Waals surface area contributed by atoms with Crippen molar-refractivity contribution >= 4 is 29.2 Å². The van der Waals surface area contributed by atoms with Gasteiger partial charge in [-0.1, -0.05) is 6.07 Å². The third kappa shape index (κ3) is 2.29. The van der Waals surface area contributed by atoms with Crippen molar-refractivity contribution in [3.05, 3.63) is 22.4 Å². The minimum atomic E-state index is -0.557. The zero-order valence-electron chi connectivity index (χ0n) is 10.8. The van der Waals surface area contributed by atoms with Crippen LogP contribution in [0.15, 0.2) is 17.5 Å². The molecule has 0 aromatic carbocycles. The summed E-state index contributed by atoms with van der Waals surface area (Å²) in [5.74, 6) is -0.258. The van der Waals surface area contributed by atoms with E-state index in [0.717, 1.165) is 4.88 Å². The number of ether oxygens (including phenoxy) is 1. The molecule has 2 saturated heterocycles. The zero-order chi connectivity index (χ0) is 14.1. The lowest BCUT2D eigenvalue weighted by Gasteiger charge is -2.34. The van der Waals surface area contributed by atoms with E-state index >= 15 is 0 Å². The van der Waals surface area contributed by atoms with Gasteiger partial charge in [0.2, 0.25) is 0 Å². The number of hydrogen-bond donors (Lipinski definition) is 0. The molecule has 2 aliphatic heterocycles. The predicted molar refractivity (Wildman–Crippen MR) is 71.4 cm³/mol. The van der Waals surface area contributed by atoms with Gasteiger partial charge in [-0.15, -0.1) is 11.3 Å². The first-order valence-corrected chi connectivity index (χ1v) is 7.36. The molecule has 0 spiro atoms. The van der Waals surface area contributed by atoms with Crippen molar-refractivity contribution in [3.8, 4) is 0 Å². The van der Waals surface area contributed by atoms with Gasteiger partial charge in [0, 0.05) is 19.1 Å². The van der Waals surface area contributed by atoms with E-state index in [1.807, 2.05) is 11.4 Å². The highest BCUT2D eigenvalue weighted by Gasteiger charge is 2.39. The molecule has 1 aromatic heterocycles. The van der Waals surface area contributed by atoms with Crippen molar-refractivity contribution in [2.45, 2.75) is 18.9 Å². The van der Waals surface area contributed by atoms with Crippen molar-refractivity contribution in [1.82, 2.24) is 9.80 Å². The van der Waals surface area contributed by atoms with E-state index in [1.54, 1.807) is 11.0 Å². The van der Waals surface area contributed by atoms with Crippen LogP contribution in [0.4, 0.5) is 4.79 Å². The van der Waals surface area contributed by atoms with Crippen LogP contribution in [-0.2, 0) is 9.53 Å². The summed E-state index contributed by atoms with van der Waals surface area (Å²) < 4.78 is 4.72. The molecule has 3 amide bonds. The SMILES string of the molecule is O=C(c1cccs1)N1CCC(N2C(=O)COC2=O)CC1. The summed E-state index contributed by atoms with van der Waals surface area (Å²) in [6.07, 6.45) is 0.661. The molecule has 3 rings (SSSR count). The maximum absolute atomic E-state index is 12.2. The van der Waals surface area contributed by atoms with Gasteiger partial charge in [-0.05, 0) is 24.3 Å². The van der Waals surface area contributed by atoms with Gasteiger partial charge in [0.05, 0.1) is 4.88 Å². The molecule has 0 bridgehead atoms. The first-order valence-electron chi connectivity index (χ1n) is 6.48. The molecular weight excluding hydrogens is 280 g/mol. The quantitative estimate of drug-likeness (QED) is 0.825. The first-order chi connectivity index (χ1) is 9.66. The number of carbonyl (C=O) groups excluding carboxylic acids is 3. The molecule has 0 radical (unpaired) electrons. The van der Waals surface area contributed by atoms with Crippen LogP contribution < -0.4 is 0 Å². The van der Waals surface area contributed by atoms with E-state index in [0.29, 0.717) is 25.9 Å². The molecule has 106 valence electrons. The van der Waals surface area contributed by atoms with Crippen LogP contribution in [-0.4, -0.2) is 53.4 Å². The normalized spacial score (nSPS) is 20.4. The van der Waals surface area contributed by atoms with Gasteiger partial charge in [0.1, 0.15) is 0 Å². The number of imide groups is 1. The fourth-order valence-corrected chi connectivity index (χ4v) is 3.29. The van der Waals surface area contributed by atoms with E-state index < -0.39 is 6.09 Å². The molecule has 20 heavy (non-hydrogen) atoms.